The standard InChI is InChI=1S/C19H25N3O2S/c1-18(2)9-10-19(3,4)16-15(18)21-14(25-16)7-6-13-8-11-22(12-20-13)17(23)24-5/h6-8,11H,9-10,12H2,1-5H3/b7-6+. The number of nitrogens with zero attached hydrogens (tertiary/aromatic N) is 3. The first-order valence-electron chi connectivity index (χ1n) is 8.50. The van der Waals surface area contributed by atoms with Crippen molar-refractivity contribution in [3.63, 3.8) is 0 Å². The van der Waals surface area contributed by atoms with E-state index in [9.17, 15) is 4.79 Å². The van der Waals surface area contributed by atoms with Crippen molar-refractivity contribution in [2.75, 3.05) is 13.8 Å². The van der Waals surface area contributed by atoms with E-state index in [2.05, 4.69) is 37.4 Å². The third-order valence-corrected chi connectivity index (χ3v) is 6.30. The van der Waals surface area contributed by atoms with E-state index in [0.717, 1.165) is 10.7 Å². The molecule has 1 aliphatic carbocycles. The number of hydrogen-bond acceptors (Lipinski definition) is 5. The highest BCUT2D eigenvalue weighted by Crippen LogP contribution is 2.48. The fraction of sp³-hybridized carbons (Fsp3) is 0.526. The zero-order valence-corrected chi connectivity index (χ0v) is 16.3. The third kappa shape index (κ3) is 3.54. The largest absolute Gasteiger partial charge is 0.452 e. The summed E-state index contributed by atoms with van der Waals surface area (Å²) in [4.78, 5) is 23.6. The van der Waals surface area contributed by atoms with Crippen molar-refractivity contribution >= 4 is 29.2 Å². The molecule has 1 aliphatic heterocycles. The lowest BCUT2D eigenvalue weighted by Crippen LogP contribution is -2.32. The molecule has 0 radical (unpaired) electrons. The molecule has 0 aromatic carbocycles. The molecule has 25 heavy (non-hydrogen) atoms. The topological polar surface area (TPSA) is 54.8 Å². The summed E-state index contributed by atoms with van der Waals surface area (Å²) in [6, 6.07) is 0. The van der Waals surface area contributed by atoms with Crippen molar-refractivity contribution in [1.29, 1.82) is 0 Å². The molecule has 2 heterocycles. The van der Waals surface area contributed by atoms with E-state index in [1.165, 1.54) is 35.4 Å². The highest BCUT2D eigenvalue weighted by Gasteiger charge is 2.40. The number of aliphatic imine (C=N–C) groups is 1. The quantitative estimate of drug-likeness (QED) is 0.781. The van der Waals surface area contributed by atoms with Crippen molar-refractivity contribution in [3.05, 3.63) is 33.9 Å². The molecule has 134 valence electrons. The lowest BCUT2D eigenvalue weighted by atomic mass is 9.69. The van der Waals surface area contributed by atoms with E-state index in [4.69, 9.17) is 4.98 Å². The zero-order chi connectivity index (χ0) is 18.2. The van der Waals surface area contributed by atoms with Gasteiger partial charge in [-0.15, -0.1) is 11.3 Å². The summed E-state index contributed by atoms with van der Waals surface area (Å²) in [5.74, 6) is 0. The second-order valence-electron chi connectivity index (χ2n) is 7.81. The predicted molar refractivity (Wildman–Crippen MR) is 102 cm³/mol. The third-order valence-electron chi connectivity index (χ3n) is 4.91. The summed E-state index contributed by atoms with van der Waals surface area (Å²) in [7, 11) is 1.36. The Bertz CT molecular complexity index is 738. The molecular formula is C19H25N3O2S. The molecule has 1 aromatic heterocycles. The molecule has 3 rings (SSSR count). The van der Waals surface area contributed by atoms with Gasteiger partial charge in [-0.2, -0.15) is 0 Å². The van der Waals surface area contributed by atoms with E-state index >= 15 is 0 Å². The molecule has 1 amide bonds. The fourth-order valence-electron chi connectivity index (χ4n) is 3.11. The number of hydrogen-bond donors (Lipinski definition) is 0. The molecule has 6 heteroatoms. The Balaban J connectivity index is 1.78. The van der Waals surface area contributed by atoms with Crippen LogP contribution in [-0.4, -0.2) is 35.5 Å². The monoisotopic (exact) mass is 359 g/mol. The molecule has 0 atom stereocenters. The van der Waals surface area contributed by atoms with Gasteiger partial charge in [-0.25, -0.2) is 9.78 Å². The SMILES string of the molecule is COC(=O)N1C=CC(/C=C/c2nc3c(s2)C(C)(C)CCC3(C)C)=NC1. The van der Waals surface area contributed by atoms with Crippen LogP contribution >= 0.6 is 11.3 Å². The molecule has 5 nitrogen and oxygen atoms in total. The second-order valence-corrected chi connectivity index (χ2v) is 8.84. The minimum atomic E-state index is -0.403. The van der Waals surface area contributed by atoms with E-state index < -0.39 is 6.09 Å². The number of allylic oxidation sites excluding steroid dienone is 2. The van der Waals surface area contributed by atoms with Crippen molar-refractivity contribution in [2.45, 2.75) is 51.4 Å². The average molecular weight is 359 g/mol. The summed E-state index contributed by atoms with van der Waals surface area (Å²) >= 11 is 1.78. The maximum Gasteiger partial charge on any atom is 0.415 e. The number of fused-ring (bicyclic) bond motifs is 1. The van der Waals surface area contributed by atoms with E-state index in [1.54, 1.807) is 23.6 Å². The van der Waals surface area contributed by atoms with Gasteiger partial charge in [-0.05, 0) is 31.1 Å². The first kappa shape index (κ1) is 17.9. The van der Waals surface area contributed by atoms with Crippen LogP contribution in [0.5, 0.6) is 0 Å². The van der Waals surface area contributed by atoms with Crippen LogP contribution in [-0.2, 0) is 15.6 Å². The summed E-state index contributed by atoms with van der Waals surface area (Å²) in [5, 5.41) is 1.01. The van der Waals surface area contributed by atoms with Crippen LogP contribution in [0.3, 0.4) is 0 Å². The number of thiazole rings is 1. The summed E-state index contributed by atoms with van der Waals surface area (Å²) in [5.41, 5.74) is 2.40. The Morgan fingerprint density at radius 3 is 2.56 bits per heavy atom. The number of methoxy groups -OCH3 is 1. The van der Waals surface area contributed by atoms with Crippen molar-refractivity contribution in [1.82, 2.24) is 9.88 Å². The summed E-state index contributed by atoms with van der Waals surface area (Å²) in [6.07, 6.45) is 9.42. The zero-order valence-electron chi connectivity index (χ0n) is 15.5. The Hall–Kier alpha value is -1.95. The van der Waals surface area contributed by atoms with Gasteiger partial charge in [0, 0.05) is 21.9 Å². The molecule has 0 N–H and O–H groups in total. The van der Waals surface area contributed by atoms with Crippen LogP contribution in [0.2, 0.25) is 0 Å². The van der Waals surface area contributed by atoms with Crippen LogP contribution < -0.4 is 0 Å². The molecule has 0 fully saturated rings. The van der Waals surface area contributed by atoms with Crippen LogP contribution in [0, 0.1) is 0 Å². The van der Waals surface area contributed by atoms with Crippen LogP contribution in [0.15, 0.2) is 23.3 Å². The molecule has 0 bridgehead atoms. The van der Waals surface area contributed by atoms with Gasteiger partial charge in [0.15, 0.2) is 0 Å². The molecule has 0 saturated heterocycles. The minimum Gasteiger partial charge on any atom is -0.452 e. The van der Waals surface area contributed by atoms with E-state index in [1.807, 2.05) is 12.2 Å². The summed E-state index contributed by atoms with van der Waals surface area (Å²) in [6.45, 7) is 9.45. The number of amides is 1. The first-order chi connectivity index (χ1) is 11.7. The van der Waals surface area contributed by atoms with Gasteiger partial charge in [0.2, 0.25) is 0 Å². The Morgan fingerprint density at radius 2 is 1.96 bits per heavy atom. The summed E-state index contributed by atoms with van der Waals surface area (Å²) < 4.78 is 4.68. The highest BCUT2D eigenvalue weighted by atomic mass is 32.1. The number of aromatic nitrogens is 1. The number of carbonyl (C=O) groups excluding carboxylic acids is 1. The van der Waals surface area contributed by atoms with Gasteiger partial charge in [-0.1, -0.05) is 27.7 Å². The van der Waals surface area contributed by atoms with E-state index in [-0.39, 0.29) is 17.5 Å². The van der Waals surface area contributed by atoms with Gasteiger partial charge in [0.05, 0.1) is 18.5 Å². The van der Waals surface area contributed by atoms with Gasteiger partial charge < -0.3 is 4.74 Å². The van der Waals surface area contributed by atoms with Gasteiger partial charge >= 0.3 is 6.09 Å². The molecule has 0 spiro atoms. The average Bonchev–Trinajstić information content (AvgIpc) is 3.04. The minimum absolute atomic E-state index is 0.136. The highest BCUT2D eigenvalue weighted by molar-refractivity contribution is 7.12. The Morgan fingerprint density at radius 1 is 1.24 bits per heavy atom. The lowest BCUT2D eigenvalue weighted by Gasteiger charge is -2.37. The molecule has 1 aromatic rings. The Kier molecular flexibility index (Phi) is 4.58. The van der Waals surface area contributed by atoms with Gasteiger partial charge in [0.1, 0.15) is 11.7 Å². The number of rotatable bonds is 2. The number of ether oxygens (including phenoxy) is 1. The van der Waals surface area contributed by atoms with Crippen LogP contribution in [0.25, 0.3) is 6.08 Å². The smallest absolute Gasteiger partial charge is 0.415 e. The van der Waals surface area contributed by atoms with Crippen LogP contribution in [0.1, 0.15) is 56.1 Å². The normalized spacial score (nSPS) is 21.2. The maximum atomic E-state index is 11.4. The van der Waals surface area contributed by atoms with Crippen molar-refractivity contribution in [3.8, 4) is 0 Å². The molecule has 0 unspecified atom stereocenters. The van der Waals surface area contributed by atoms with Crippen molar-refractivity contribution in [2.24, 2.45) is 4.99 Å². The molecule has 0 saturated carbocycles. The number of carbonyl (C=O) groups is 1. The predicted octanol–water partition coefficient (Wildman–Crippen LogP) is 4.50. The van der Waals surface area contributed by atoms with Gasteiger partial charge in [-0.3, -0.25) is 9.89 Å². The second kappa shape index (κ2) is 6.41. The molecule has 2 aliphatic rings. The van der Waals surface area contributed by atoms with Gasteiger partial charge in [0.25, 0.3) is 0 Å². The Labute approximate surface area is 153 Å². The maximum absolute atomic E-state index is 11.4. The lowest BCUT2D eigenvalue weighted by molar-refractivity contribution is 0.140. The van der Waals surface area contributed by atoms with Crippen LogP contribution in [0.4, 0.5) is 4.79 Å². The first-order valence-corrected chi connectivity index (χ1v) is 9.32. The molecular weight excluding hydrogens is 334 g/mol. The fourth-order valence-corrected chi connectivity index (χ4v) is 4.39. The van der Waals surface area contributed by atoms with Crippen molar-refractivity contribution < 1.29 is 9.53 Å². The van der Waals surface area contributed by atoms with E-state index in [0.29, 0.717) is 0 Å².